The number of methoxy groups -OCH3 is 1. The van der Waals surface area contributed by atoms with Crippen LogP contribution in [0.1, 0.15) is 10.4 Å². The van der Waals surface area contributed by atoms with Gasteiger partial charge >= 0.3 is 0 Å². The van der Waals surface area contributed by atoms with E-state index in [2.05, 4.69) is 5.32 Å². The number of carbonyl (C=O) groups excluding carboxylic acids is 1. The van der Waals surface area contributed by atoms with Gasteiger partial charge in [-0.15, -0.1) is 0 Å². The van der Waals surface area contributed by atoms with Crippen LogP contribution < -0.4 is 10.7 Å². The van der Waals surface area contributed by atoms with Gasteiger partial charge in [0.15, 0.2) is 0 Å². The first kappa shape index (κ1) is 13.3. The summed E-state index contributed by atoms with van der Waals surface area (Å²) in [4.78, 5) is 24.2. The predicted molar refractivity (Wildman–Crippen MR) is 73.4 cm³/mol. The van der Waals surface area contributed by atoms with Gasteiger partial charge in [0.2, 0.25) is 5.43 Å². The van der Waals surface area contributed by atoms with Gasteiger partial charge in [-0.1, -0.05) is 12.1 Å². The van der Waals surface area contributed by atoms with E-state index in [9.17, 15) is 9.59 Å². The molecule has 5 heteroatoms. The number of ether oxygens (including phenoxy) is 1. The third-order valence-electron chi connectivity index (χ3n) is 2.93. The van der Waals surface area contributed by atoms with Crippen LogP contribution in [-0.4, -0.2) is 30.7 Å². The van der Waals surface area contributed by atoms with Crippen molar-refractivity contribution in [1.82, 2.24) is 9.88 Å². The van der Waals surface area contributed by atoms with Gasteiger partial charge in [-0.2, -0.15) is 0 Å². The Morgan fingerprint density at radius 3 is 2.84 bits per heavy atom. The lowest BCUT2D eigenvalue weighted by molar-refractivity contribution is 0.0935. The second-order valence-electron chi connectivity index (χ2n) is 4.25. The van der Waals surface area contributed by atoms with Crippen molar-refractivity contribution in [3.8, 4) is 0 Å². The number of amides is 1. The highest BCUT2D eigenvalue weighted by Gasteiger charge is 2.13. The van der Waals surface area contributed by atoms with Gasteiger partial charge in [-0.3, -0.25) is 9.59 Å². The van der Waals surface area contributed by atoms with Crippen molar-refractivity contribution >= 4 is 16.8 Å². The topological polar surface area (TPSA) is 60.3 Å². The standard InChI is InChI=1S/C14H16N2O3/c1-16-9-11(14(18)15-7-8-19-2)13(17)10-5-3-4-6-12(10)16/h3-6,9H,7-8H2,1-2H3,(H,15,18). The molecule has 0 unspecified atom stereocenters. The Labute approximate surface area is 110 Å². The van der Waals surface area contributed by atoms with Gasteiger partial charge in [0, 0.05) is 32.3 Å². The number of hydrogen-bond acceptors (Lipinski definition) is 3. The molecule has 0 spiro atoms. The summed E-state index contributed by atoms with van der Waals surface area (Å²) in [6.07, 6.45) is 1.56. The molecule has 1 aromatic heterocycles. The van der Waals surface area contributed by atoms with Crippen LogP contribution in [0.4, 0.5) is 0 Å². The number of rotatable bonds is 4. The SMILES string of the molecule is COCCNC(=O)c1cn(C)c2ccccc2c1=O. The predicted octanol–water partition coefficient (Wildman–Crippen LogP) is 0.915. The lowest BCUT2D eigenvalue weighted by Gasteiger charge is -2.09. The maximum atomic E-state index is 12.2. The number of aromatic nitrogens is 1. The van der Waals surface area contributed by atoms with Crippen LogP contribution in [0.15, 0.2) is 35.3 Å². The Morgan fingerprint density at radius 2 is 2.11 bits per heavy atom. The number of nitrogens with zero attached hydrogens (tertiary/aromatic N) is 1. The zero-order valence-electron chi connectivity index (χ0n) is 11.0. The molecule has 0 saturated carbocycles. The molecule has 5 nitrogen and oxygen atoms in total. The summed E-state index contributed by atoms with van der Waals surface area (Å²) >= 11 is 0. The van der Waals surface area contributed by atoms with E-state index in [0.29, 0.717) is 18.5 Å². The molecule has 0 fully saturated rings. The summed E-state index contributed by atoms with van der Waals surface area (Å²) in [6, 6.07) is 7.23. The highest BCUT2D eigenvalue weighted by atomic mass is 16.5. The Balaban J connectivity index is 2.42. The van der Waals surface area contributed by atoms with E-state index in [0.717, 1.165) is 5.52 Å². The van der Waals surface area contributed by atoms with Crippen molar-refractivity contribution in [3.63, 3.8) is 0 Å². The molecule has 0 aliphatic heterocycles. The Bertz CT molecular complexity index is 661. The smallest absolute Gasteiger partial charge is 0.256 e. The first-order chi connectivity index (χ1) is 9.15. The summed E-state index contributed by atoms with van der Waals surface area (Å²) in [5, 5.41) is 3.20. The van der Waals surface area contributed by atoms with Crippen molar-refractivity contribution in [2.24, 2.45) is 7.05 Å². The minimum atomic E-state index is -0.372. The molecule has 1 N–H and O–H groups in total. The van der Waals surface area contributed by atoms with E-state index < -0.39 is 0 Å². The molecule has 0 saturated heterocycles. The minimum Gasteiger partial charge on any atom is -0.383 e. The van der Waals surface area contributed by atoms with Gasteiger partial charge < -0.3 is 14.6 Å². The zero-order chi connectivity index (χ0) is 13.8. The van der Waals surface area contributed by atoms with Gasteiger partial charge in [0.25, 0.3) is 5.91 Å². The van der Waals surface area contributed by atoms with Crippen molar-refractivity contribution < 1.29 is 9.53 Å². The van der Waals surface area contributed by atoms with E-state index in [4.69, 9.17) is 4.74 Å². The molecule has 0 bridgehead atoms. The Morgan fingerprint density at radius 1 is 1.37 bits per heavy atom. The molecule has 1 heterocycles. The largest absolute Gasteiger partial charge is 0.383 e. The van der Waals surface area contributed by atoms with E-state index >= 15 is 0 Å². The minimum absolute atomic E-state index is 0.150. The fourth-order valence-electron chi connectivity index (χ4n) is 1.96. The number of para-hydroxylation sites is 1. The van der Waals surface area contributed by atoms with Crippen molar-refractivity contribution in [1.29, 1.82) is 0 Å². The molecule has 19 heavy (non-hydrogen) atoms. The van der Waals surface area contributed by atoms with Crippen LogP contribution in [-0.2, 0) is 11.8 Å². The number of carbonyl (C=O) groups is 1. The summed E-state index contributed by atoms with van der Waals surface area (Å²) in [6.45, 7) is 0.797. The summed E-state index contributed by atoms with van der Waals surface area (Å²) in [7, 11) is 3.37. The average molecular weight is 260 g/mol. The van der Waals surface area contributed by atoms with Gasteiger partial charge in [0.1, 0.15) is 5.56 Å². The molecule has 0 radical (unpaired) electrons. The molecule has 100 valence electrons. The van der Waals surface area contributed by atoms with E-state index in [1.165, 1.54) is 0 Å². The molecule has 0 aliphatic carbocycles. The average Bonchev–Trinajstić information content (AvgIpc) is 2.43. The normalized spacial score (nSPS) is 10.6. The van der Waals surface area contributed by atoms with Crippen LogP contribution in [0, 0.1) is 0 Å². The monoisotopic (exact) mass is 260 g/mol. The highest BCUT2D eigenvalue weighted by molar-refractivity contribution is 5.97. The number of benzene rings is 1. The van der Waals surface area contributed by atoms with Gasteiger partial charge in [-0.25, -0.2) is 0 Å². The van der Waals surface area contributed by atoms with Gasteiger partial charge in [0.05, 0.1) is 12.1 Å². The van der Waals surface area contributed by atoms with Crippen molar-refractivity contribution in [2.45, 2.75) is 0 Å². The Hall–Kier alpha value is -2.14. The Kier molecular flexibility index (Phi) is 3.97. The molecule has 0 atom stereocenters. The lowest BCUT2D eigenvalue weighted by Crippen LogP contribution is -2.31. The highest BCUT2D eigenvalue weighted by Crippen LogP contribution is 2.09. The second kappa shape index (κ2) is 5.67. The maximum absolute atomic E-state index is 12.2. The van der Waals surface area contributed by atoms with Crippen LogP contribution in [0.25, 0.3) is 10.9 Å². The summed E-state index contributed by atoms with van der Waals surface area (Å²) < 4.78 is 6.63. The van der Waals surface area contributed by atoms with E-state index in [-0.39, 0.29) is 16.9 Å². The van der Waals surface area contributed by atoms with Crippen LogP contribution in [0.5, 0.6) is 0 Å². The second-order valence-corrected chi connectivity index (χ2v) is 4.25. The van der Waals surface area contributed by atoms with Crippen molar-refractivity contribution in [2.75, 3.05) is 20.3 Å². The number of nitrogens with one attached hydrogen (secondary N) is 1. The third-order valence-corrected chi connectivity index (χ3v) is 2.93. The molecule has 0 aliphatic rings. The number of hydrogen-bond donors (Lipinski definition) is 1. The van der Waals surface area contributed by atoms with E-state index in [1.807, 2.05) is 19.2 Å². The molecular weight excluding hydrogens is 244 g/mol. The van der Waals surface area contributed by atoms with Crippen LogP contribution in [0.2, 0.25) is 0 Å². The first-order valence-electron chi connectivity index (χ1n) is 6.00. The third kappa shape index (κ3) is 2.66. The van der Waals surface area contributed by atoms with Gasteiger partial charge in [-0.05, 0) is 12.1 Å². The summed E-state index contributed by atoms with van der Waals surface area (Å²) in [5.41, 5.74) is 0.710. The zero-order valence-corrected chi connectivity index (χ0v) is 11.0. The molecule has 2 rings (SSSR count). The fraction of sp³-hybridized carbons (Fsp3) is 0.286. The van der Waals surface area contributed by atoms with Crippen LogP contribution in [0.3, 0.4) is 0 Å². The lowest BCUT2D eigenvalue weighted by atomic mass is 10.1. The molecule has 1 aromatic carbocycles. The number of aryl methyl sites for hydroxylation is 1. The maximum Gasteiger partial charge on any atom is 0.256 e. The number of fused-ring (bicyclic) bond motifs is 1. The molecule has 2 aromatic rings. The van der Waals surface area contributed by atoms with Crippen LogP contribution >= 0.6 is 0 Å². The quantitative estimate of drug-likeness (QED) is 0.831. The van der Waals surface area contributed by atoms with E-state index in [1.54, 1.807) is 30.0 Å². The number of pyridine rings is 1. The summed E-state index contributed by atoms with van der Waals surface area (Å²) in [5.74, 6) is -0.372. The van der Waals surface area contributed by atoms with Crippen molar-refractivity contribution in [3.05, 3.63) is 46.2 Å². The first-order valence-corrected chi connectivity index (χ1v) is 6.00. The molecular formula is C14H16N2O3. The molecule has 1 amide bonds. The fourth-order valence-corrected chi connectivity index (χ4v) is 1.96.